The van der Waals surface area contributed by atoms with Gasteiger partial charge >= 0.3 is 0 Å². The maximum atomic E-state index is 13.0. The molecule has 210 valence electrons. The number of carbonyl (C=O) groups is 1. The van der Waals surface area contributed by atoms with E-state index in [0.29, 0.717) is 13.1 Å². The fraction of sp³-hybridized carbons (Fsp3) is 0.312. The van der Waals surface area contributed by atoms with Crippen LogP contribution in [0.2, 0.25) is 0 Å². The highest BCUT2D eigenvalue weighted by Crippen LogP contribution is 2.38. The molecule has 0 saturated heterocycles. The summed E-state index contributed by atoms with van der Waals surface area (Å²) in [7, 11) is 2.07. The Bertz CT molecular complexity index is 1730. The molecule has 0 unspecified atom stereocenters. The molecular formula is C32H35N7OS. The molecule has 0 bridgehead atoms. The molecule has 9 heteroatoms. The molecule has 0 atom stereocenters. The molecule has 1 N–H and O–H groups in total. The van der Waals surface area contributed by atoms with Crippen LogP contribution in [-0.2, 0) is 24.3 Å². The van der Waals surface area contributed by atoms with Gasteiger partial charge in [-0.2, -0.15) is 0 Å². The van der Waals surface area contributed by atoms with E-state index in [2.05, 4.69) is 88.0 Å². The number of hydrogen-bond acceptors (Lipinski definition) is 7. The van der Waals surface area contributed by atoms with Crippen LogP contribution in [-0.4, -0.2) is 60.9 Å². The number of thiophene rings is 1. The number of fused-ring (bicyclic) bond motifs is 4. The monoisotopic (exact) mass is 565 g/mol. The van der Waals surface area contributed by atoms with Crippen molar-refractivity contribution in [3.05, 3.63) is 89.5 Å². The number of nitrogens with one attached hydrogen (secondary N) is 1. The minimum atomic E-state index is 0.0585. The molecule has 0 radical (unpaired) electrons. The molecule has 4 aromatic heterocycles. The molecule has 1 aliphatic rings. The van der Waals surface area contributed by atoms with Crippen molar-refractivity contribution in [1.82, 2.24) is 29.3 Å². The molecule has 0 fully saturated rings. The molecular weight excluding hydrogens is 530 g/mol. The zero-order chi connectivity index (χ0) is 28.6. The van der Waals surface area contributed by atoms with Gasteiger partial charge in [0.25, 0.3) is 0 Å². The lowest BCUT2D eigenvalue weighted by Gasteiger charge is -2.31. The maximum absolute atomic E-state index is 13.0. The van der Waals surface area contributed by atoms with E-state index in [-0.39, 0.29) is 11.4 Å². The van der Waals surface area contributed by atoms with Crippen molar-refractivity contribution in [2.24, 2.45) is 0 Å². The van der Waals surface area contributed by atoms with Crippen molar-refractivity contribution >= 4 is 49.9 Å². The Kier molecular flexibility index (Phi) is 7.32. The molecule has 41 heavy (non-hydrogen) atoms. The van der Waals surface area contributed by atoms with E-state index in [1.54, 1.807) is 23.7 Å². The van der Waals surface area contributed by atoms with Crippen LogP contribution >= 0.6 is 11.3 Å². The summed E-state index contributed by atoms with van der Waals surface area (Å²) in [4.78, 5) is 32.9. The van der Waals surface area contributed by atoms with Crippen molar-refractivity contribution in [2.45, 2.75) is 45.8 Å². The van der Waals surface area contributed by atoms with Gasteiger partial charge in [0.2, 0.25) is 5.91 Å². The molecule has 0 saturated carbocycles. The van der Waals surface area contributed by atoms with Gasteiger partial charge in [0.15, 0.2) is 0 Å². The number of nitrogens with zero attached hydrogens (tertiary/aromatic N) is 6. The van der Waals surface area contributed by atoms with Crippen LogP contribution in [0.25, 0.3) is 21.1 Å². The van der Waals surface area contributed by atoms with E-state index in [9.17, 15) is 4.79 Å². The van der Waals surface area contributed by atoms with Crippen LogP contribution in [0.4, 0.5) is 11.5 Å². The first-order valence-electron chi connectivity index (χ1n) is 13.9. The van der Waals surface area contributed by atoms with Gasteiger partial charge < -0.3 is 14.8 Å². The fourth-order valence-corrected chi connectivity index (χ4v) is 6.32. The minimum absolute atomic E-state index is 0.0585. The third-order valence-electron chi connectivity index (χ3n) is 7.83. The number of pyridine rings is 1. The van der Waals surface area contributed by atoms with Crippen molar-refractivity contribution in [3.63, 3.8) is 0 Å². The van der Waals surface area contributed by atoms with Gasteiger partial charge in [-0.05, 0) is 76.2 Å². The molecule has 0 aliphatic carbocycles. The number of amides is 1. The van der Waals surface area contributed by atoms with Crippen molar-refractivity contribution < 1.29 is 4.79 Å². The molecule has 5 heterocycles. The summed E-state index contributed by atoms with van der Waals surface area (Å²) in [6.45, 7) is 9.26. The molecule has 1 amide bonds. The van der Waals surface area contributed by atoms with Gasteiger partial charge in [0.1, 0.15) is 17.0 Å². The zero-order valence-electron chi connectivity index (χ0n) is 24.0. The van der Waals surface area contributed by atoms with Gasteiger partial charge in [0.05, 0.1) is 24.2 Å². The first kappa shape index (κ1) is 27.1. The molecule has 6 rings (SSSR count). The Hall–Kier alpha value is -4.08. The van der Waals surface area contributed by atoms with E-state index in [0.717, 1.165) is 57.8 Å². The largest absolute Gasteiger partial charge is 0.341 e. The summed E-state index contributed by atoms with van der Waals surface area (Å²) in [6.07, 6.45) is 10.0. The minimum Gasteiger partial charge on any atom is -0.341 e. The van der Waals surface area contributed by atoms with Crippen molar-refractivity contribution in [2.75, 3.05) is 25.5 Å². The van der Waals surface area contributed by atoms with Crippen LogP contribution in [0.1, 0.15) is 36.9 Å². The van der Waals surface area contributed by atoms with Crippen molar-refractivity contribution in [1.29, 1.82) is 0 Å². The van der Waals surface area contributed by atoms with Crippen molar-refractivity contribution in [3.8, 4) is 0 Å². The van der Waals surface area contributed by atoms with E-state index in [4.69, 9.17) is 0 Å². The number of likely N-dealkylation sites (N-methyl/N-ethyl adjacent to an activating group) is 1. The van der Waals surface area contributed by atoms with Gasteiger partial charge in [-0.3, -0.25) is 14.7 Å². The second-order valence-corrected chi connectivity index (χ2v) is 12.6. The van der Waals surface area contributed by atoms with Gasteiger partial charge in [-0.1, -0.05) is 12.1 Å². The predicted octanol–water partition coefficient (Wildman–Crippen LogP) is 6.00. The first-order valence-corrected chi connectivity index (χ1v) is 14.8. The average Bonchev–Trinajstić information content (AvgIpc) is 3.53. The molecule has 0 spiro atoms. The van der Waals surface area contributed by atoms with Gasteiger partial charge in [-0.25, -0.2) is 9.97 Å². The van der Waals surface area contributed by atoms with Gasteiger partial charge in [0, 0.05) is 58.6 Å². The van der Waals surface area contributed by atoms with E-state index in [1.165, 1.54) is 10.4 Å². The molecule has 8 nitrogen and oxygen atoms in total. The topological polar surface area (TPSA) is 79.2 Å². The highest BCUT2D eigenvalue weighted by Gasteiger charge is 2.26. The number of hydrogen-bond donors (Lipinski definition) is 1. The zero-order valence-corrected chi connectivity index (χ0v) is 24.8. The smallest absolute Gasteiger partial charge is 0.246 e. The number of aromatic nitrogens is 4. The second kappa shape index (κ2) is 11.1. The summed E-state index contributed by atoms with van der Waals surface area (Å²) in [6, 6.07) is 14.5. The summed E-state index contributed by atoms with van der Waals surface area (Å²) >= 11 is 1.66. The quantitative estimate of drug-likeness (QED) is 0.244. The Labute approximate surface area is 244 Å². The van der Waals surface area contributed by atoms with Gasteiger partial charge in [-0.15, -0.1) is 11.3 Å². The summed E-state index contributed by atoms with van der Waals surface area (Å²) in [5, 5.41) is 5.77. The SMILES string of the molecule is CN(C/C=C/C(=O)N1CCc2c(sc3ncnc(Nc4ccc5c(ccn5Cc5ccccn5)c4)c23)C1)C(C)(C)C. The van der Waals surface area contributed by atoms with E-state index in [1.807, 2.05) is 35.4 Å². The standard InChI is InChI=1S/C32H35N7OS/c1-32(2,3)37(4)15-7-9-28(40)39-17-13-25-27(20-39)41-31-29(25)30(34-21-35-31)36-23-10-11-26-22(18-23)12-16-38(26)19-24-8-5-6-14-33-24/h5-12,14,16,18,21H,13,15,17,19-20H2,1-4H3,(H,34,35,36)/b9-7+. The summed E-state index contributed by atoms with van der Waals surface area (Å²) in [5.74, 6) is 0.868. The lowest BCUT2D eigenvalue weighted by atomic mass is 10.0. The summed E-state index contributed by atoms with van der Waals surface area (Å²) < 4.78 is 2.21. The Morgan fingerprint density at radius 3 is 2.83 bits per heavy atom. The summed E-state index contributed by atoms with van der Waals surface area (Å²) in [5.41, 5.74) is 4.48. The van der Waals surface area contributed by atoms with Crippen LogP contribution < -0.4 is 5.32 Å². The molecule has 5 aromatic rings. The number of benzene rings is 1. The predicted molar refractivity (Wildman–Crippen MR) is 167 cm³/mol. The second-order valence-electron chi connectivity index (χ2n) is 11.5. The lowest BCUT2D eigenvalue weighted by Crippen LogP contribution is -2.38. The first-order chi connectivity index (χ1) is 19.8. The Morgan fingerprint density at radius 1 is 1.15 bits per heavy atom. The van der Waals surface area contributed by atoms with Crippen LogP contribution in [0.3, 0.4) is 0 Å². The Balaban J connectivity index is 1.19. The third-order valence-corrected chi connectivity index (χ3v) is 8.95. The molecule has 1 aliphatic heterocycles. The molecule has 1 aromatic carbocycles. The average molecular weight is 566 g/mol. The van der Waals surface area contributed by atoms with E-state index < -0.39 is 0 Å². The number of carbonyl (C=O) groups excluding carboxylic acids is 1. The van der Waals surface area contributed by atoms with Crippen LogP contribution in [0, 0.1) is 0 Å². The van der Waals surface area contributed by atoms with Crippen LogP contribution in [0.5, 0.6) is 0 Å². The lowest BCUT2D eigenvalue weighted by molar-refractivity contribution is -0.126. The maximum Gasteiger partial charge on any atom is 0.246 e. The number of rotatable bonds is 7. The third kappa shape index (κ3) is 5.73. The number of anilines is 2. The normalized spacial score (nSPS) is 13.9. The highest BCUT2D eigenvalue weighted by molar-refractivity contribution is 7.19. The van der Waals surface area contributed by atoms with Crippen LogP contribution in [0.15, 0.2) is 73.3 Å². The van der Waals surface area contributed by atoms with E-state index >= 15 is 0 Å². The Morgan fingerprint density at radius 2 is 2.02 bits per heavy atom. The fourth-order valence-electron chi connectivity index (χ4n) is 5.12. The highest BCUT2D eigenvalue weighted by atomic mass is 32.1.